The molecule has 0 saturated carbocycles. The molecule has 4 heteroatoms. The zero-order valence-corrected chi connectivity index (χ0v) is 11.1. The van der Waals surface area contributed by atoms with E-state index in [4.69, 9.17) is 15.9 Å². The number of aryl methyl sites for hydroxylation is 1. The summed E-state index contributed by atoms with van der Waals surface area (Å²) in [5, 5.41) is 7.45. The topological polar surface area (TPSA) is 62.3 Å². The van der Waals surface area contributed by atoms with E-state index < -0.39 is 0 Å². The lowest BCUT2D eigenvalue weighted by molar-refractivity contribution is 0.114. The lowest BCUT2D eigenvalue weighted by Crippen LogP contribution is -2.35. The van der Waals surface area contributed by atoms with Gasteiger partial charge in [-0.15, -0.1) is 0 Å². The Balaban J connectivity index is 2.02. The monoisotopic (exact) mass is 247 g/mol. The van der Waals surface area contributed by atoms with Crippen molar-refractivity contribution in [2.24, 2.45) is 5.73 Å². The third-order valence-corrected chi connectivity index (χ3v) is 3.46. The molecule has 1 aliphatic heterocycles. The van der Waals surface area contributed by atoms with E-state index in [2.05, 4.69) is 11.9 Å². The van der Waals surface area contributed by atoms with Gasteiger partial charge in [-0.3, -0.25) is 5.41 Å². The normalized spacial score (nSPS) is 17.7. The quantitative estimate of drug-likeness (QED) is 0.632. The number of nitrogens with zero attached hydrogens (tertiary/aromatic N) is 1. The molecule has 3 N–H and O–H groups in total. The fourth-order valence-corrected chi connectivity index (χ4v) is 2.31. The molecule has 0 unspecified atom stereocenters. The number of nitrogen functional groups attached to an aromatic ring is 1. The maximum atomic E-state index is 7.45. The van der Waals surface area contributed by atoms with Crippen LogP contribution in [0.2, 0.25) is 0 Å². The second-order valence-electron chi connectivity index (χ2n) is 5.01. The highest BCUT2D eigenvalue weighted by molar-refractivity contribution is 5.96. The molecular formula is C14H21N3O. The van der Waals surface area contributed by atoms with Gasteiger partial charge in [0.1, 0.15) is 17.7 Å². The molecule has 98 valence electrons. The van der Waals surface area contributed by atoms with E-state index in [9.17, 15) is 0 Å². The molecule has 0 aliphatic carbocycles. The summed E-state index contributed by atoms with van der Waals surface area (Å²) in [4.78, 5) is 2.32. The van der Waals surface area contributed by atoms with E-state index in [-0.39, 0.29) is 5.84 Å². The number of piperidine rings is 1. The van der Waals surface area contributed by atoms with Gasteiger partial charge < -0.3 is 15.4 Å². The minimum Gasteiger partial charge on any atom is -0.490 e. The Hall–Kier alpha value is -1.55. The van der Waals surface area contributed by atoms with Crippen LogP contribution in [-0.2, 0) is 0 Å². The standard InChI is InChI=1S/C14H21N3O/c1-10-9-12(3-4-13(10)14(15)16)18-11-5-7-17(2)8-6-11/h3-4,9,11H,5-8H2,1-2H3,(H3,15,16). The van der Waals surface area contributed by atoms with Gasteiger partial charge in [-0.2, -0.15) is 0 Å². The van der Waals surface area contributed by atoms with Crippen LogP contribution in [0.4, 0.5) is 0 Å². The molecule has 18 heavy (non-hydrogen) atoms. The molecule has 0 aromatic heterocycles. The number of nitrogens with one attached hydrogen (secondary N) is 1. The van der Waals surface area contributed by atoms with Crippen molar-refractivity contribution in [1.29, 1.82) is 5.41 Å². The molecule has 0 bridgehead atoms. The molecule has 1 fully saturated rings. The van der Waals surface area contributed by atoms with Crippen LogP contribution in [-0.4, -0.2) is 37.0 Å². The molecule has 0 spiro atoms. The Labute approximate surface area is 108 Å². The van der Waals surface area contributed by atoms with Crippen LogP contribution in [0.15, 0.2) is 18.2 Å². The Kier molecular flexibility index (Phi) is 3.87. The Morgan fingerprint density at radius 1 is 1.39 bits per heavy atom. The fraction of sp³-hybridized carbons (Fsp3) is 0.500. The smallest absolute Gasteiger partial charge is 0.123 e. The molecule has 1 aromatic rings. The Morgan fingerprint density at radius 3 is 2.61 bits per heavy atom. The van der Waals surface area contributed by atoms with Gasteiger partial charge in [-0.05, 0) is 50.6 Å². The maximum Gasteiger partial charge on any atom is 0.123 e. The van der Waals surface area contributed by atoms with Gasteiger partial charge in [0.15, 0.2) is 0 Å². The number of likely N-dealkylation sites (tertiary alicyclic amines) is 1. The fourth-order valence-electron chi connectivity index (χ4n) is 2.31. The average Bonchev–Trinajstić information content (AvgIpc) is 2.32. The van der Waals surface area contributed by atoms with Crippen LogP contribution in [0.3, 0.4) is 0 Å². The van der Waals surface area contributed by atoms with Gasteiger partial charge in [0.05, 0.1) is 0 Å². The molecule has 1 aliphatic rings. The van der Waals surface area contributed by atoms with Crippen LogP contribution in [0.5, 0.6) is 5.75 Å². The second kappa shape index (κ2) is 5.40. The molecule has 0 atom stereocenters. The van der Waals surface area contributed by atoms with Gasteiger partial charge in [-0.25, -0.2) is 0 Å². The summed E-state index contributed by atoms with van der Waals surface area (Å²) in [5.74, 6) is 0.991. The third-order valence-electron chi connectivity index (χ3n) is 3.46. The molecule has 1 saturated heterocycles. The first kappa shape index (κ1) is 12.9. The average molecular weight is 247 g/mol. The maximum absolute atomic E-state index is 7.45. The van der Waals surface area contributed by atoms with Crippen LogP contribution in [0.1, 0.15) is 24.0 Å². The van der Waals surface area contributed by atoms with Crippen LogP contribution < -0.4 is 10.5 Å². The molecular weight excluding hydrogens is 226 g/mol. The zero-order chi connectivity index (χ0) is 13.1. The summed E-state index contributed by atoms with van der Waals surface area (Å²) in [6, 6.07) is 5.74. The lowest BCUT2D eigenvalue weighted by Gasteiger charge is -2.29. The van der Waals surface area contributed by atoms with Gasteiger partial charge in [0.2, 0.25) is 0 Å². The number of rotatable bonds is 3. The van der Waals surface area contributed by atoms with Crippen LogP contribution in [0.25, 0.3) is 0 Å². The molecule has 0 amide bonds. The van der Waals surface area contributed by atoms with Crippen molar-refractivity contribution in [1.82, 2.24) is 4.90 Å². The number of nitrogens with two attached hydrogens (primary N) is 1. The molecule has 0 radical (unpaired) electrons. The first-order chi connectivity index (χ1) is 8.56. The van der Waals surface area contributed by atoms with E-state index >= 15 is 0 Å². The van der Waals surface area contributed by atoms with Crippen LogP contribution >= 0.6 is 0 Å². The van der Waals surface area contributed by atoms with Crippen molar-refractivity contribution in [3.63, 3.8) is 0 Å². The Morgan fingerprint density at radius 2 is 2.06 bits per heavy atom. The zero-order valence-electron chi connectivity index (χ0n) is 11.1. The summed E-state index contributed by atoms with van der Waals surface area (Å²) >= 11 is 0. The van der Waals surface area contributed by atoms with E-state index in [0.29, 0.717) is 6.10 Å². The number of benzene rings is 1. The molecule has 4 nitrogen and oxygen atoms in total. The first-order valence-corrected chi connectivity index (χ1v) is 6.36. The van der Waals surface area contributed by atoms with Crippen molar-refractivity contribution in [3.8, 4) is 5.75 Å². The number of hydrogen-bond donors (Lipinski definition) is 2. The van der Waals surface area contributed by atoms with Gasteiger partial charge >= 0.3 is 0 Å². The van der Waals surface area contributed by atoms with Crippen LogP contribution in [0, 0.1) is 12.3 Å². The number of amidine groups is 1. The summed E-state index contributed by atoms with van der Waals surface area (Å²) in [7, 11) is 2.14. The van der Waals surface area contributed by atoms with E-state index in [1.165, 1.54) is 0 Å². The van der Waals surface area contributed by atoms with Crippen molar-refractivity contribution in [2.45, 2.75) is 25.9 Å². The summed E-state index contributed by atoms with van der Waals surface area (Å²) < 4.78 is 5.98. The van der Waals surface area contributed by atoms with E-state index in [1.54, 1.807) is 0 Å². The largest absolute Gasteiger partial charge is 0.490 e. The van der Waals surface area contributed by atoms with Crippen molar-refractivity contribution < 1.29 is 4.74 Å². The summed E-state index contributed by atoms with van der Waals surface area (Å²) in [5.41, 5.74) is 7.28. The second-order valence-corrected chi connectivity index (χ2v) is 5.01. The van der Waals surface area contributed by atoms with Gasteiger partial charge in [0.25, 0.3) is 0 Å². The number of ether oxygens (including phenoxy) is 1. The summed E-state index contributed by atoms with van der Waals surface area (Å²) in [6.45, 7) is 4.14. The first-order valence-electron chi connectivity index (χ1n) is 6.36. The van der Waals surface area contributed by atoms with Crippen molar-refractivity contribution >= 4 is 5.84 Å². The predicted octanol–water partition coefficient (Wildman–Crippen LogP) is 1.75. The van der Waals surface area contributed by atoms with Crippen molar-refractivity contribution in [2.75, 3.05) is 20.1 Å². The third kappa shape index (κ3) is 3.01. The van der Waals surface area contributed by atoms with Gasteiger partial charge in [0, 0.05) is 18.7 Å². The Bertz CT molecular complexity index is 437. The summed E-state index contributed by atoms with van der Waals surface area (Å²) in [6.07, 6.45) is 2.46. The number of hydrogen-bond acceptors (Lipinski definition) is 3. The molecule has 2 rings (SSSR count). The molecule has 1 heterocycles. The van der Waals surface area contributed by atoms with Crippen molar-refractivity contribution in [3.05, 3.63) is 29.3 Å². The SMILES string of the molecule is Cc1cc(OC2CCN(C)CC2)ccc1C(=N)N. The minimum absolute atomic E-state index is 0.110. The predicted molar refractivity (Wildman–Crippen MR) is 73.3 cm³/mol. The highest BCUT2D eigenvalue weighted by Gasteiger charge is 2.18. The lowest BCUT2D eigenvalue weighted by atomic mass is 10.1. The van der Waals surface area contributed by atoms with E-state index in [0.717, 1.165) is 42.8 Å². The van der Waals surface area contributed by atoms with E-state index in [1.807, 2.05) is 25.1 Å². The van der Waals surface area contributed by atoms with Gasteiger partial charge in [-0.1, -0.05) is 0 Å². The minimum atomic E-state index is 0.110. The molecule has 1 aromatic carbocycles. The highest BCUT2D eigenvalue weighted by atomic mass is 16.5. The highest BCUT2D eigenvalue weighted by Crippen LogP contribution is 2.21.